The molecule has 0 aromatic heterocycles. The first-order chi connectivity index (χ1) is 13.2. The van der Waals surface area contributed by atoms with E-state index in [1.165, 1.54) is 0 Å². The van der Waals surface area contributed by atoms with Crippen molar-refractivity contribution in [2.75, 3.05) is 25.2 Å². The lowest BCUT2D eigenvalue weighted by atomic mass is 9.95. The SMILES string of the molecule is O=C(Nc1ccc2c(c1)OCO2)C1CCN(C(=O)Cc2ccccc2)CC1. The molecule has 4 rings (SSSR count). The zero-order valence-electron chi connectivity index (χ0n) is 15.0. The molecule has 1 N–H and O–H groups in total. The van der Waals surface area contributed by atoms with Crippen molar-refractivity contribution in [2.45, 2.75) is 19.3 Å². The number of hydrogen-bond donors (Lipinski definition) is 1. The van der Waals surface area contributed by atoms with Gasteiger partial charge in [-0.1, -0.05) is 30.3 Å². The minimum absolute atomic E-state index is 0.0102. The van der Waals surface area contributed by atoms with Gasteiger partial charge in [-0.25, -0.2) is 0 Å². The summed E-state index contributed by atoms with van der Waals surface area (Å²) in [5.74, 6) is 1.36. The third kappa shape index (κ3) is 4.05. The second kappa shape index (κ2) is 7.70. The molecule has 2 heterocycles. The molecule has 0 unspecified atom stereocenters. The van der Waals surface area contributed by atoms with E-state index in [1.807, 2.05) is 41.3 Å². The van der Waals surface area contributed by atoms with Crippen LogP contribution in [0.5, 0.6) is 11.5 Å². The molecule has 6 nitrogen and oxygen atoms in total. The van der Waals surface area contributed by atoms with E-state index in [1.54, 1.807) is 12.1 Å². The van der Waals surface area contributed by atoms with E-state index in [2.05, 4.69) is 5.32 Å². The Bertz CT molecular complexity index is 829. The largest absolute Gasteiger partial charge is 0.454 e. The number of nitrogens with one attached hydrogen (secondary N) is 1. The van der Waals surface area contributed by atoms with Crippen LogP contribution >= 0.6 is 0 Å². The first-order valence-corrected chi connectivity index (χ1v) is 9.21. The summed E-state index contributed by atoms with van der Waals surface area (Å²) in [7, 11) is 0. The molecule has 1 fully saturated rings. The third-order valence-electron chi connectivity index (χ3n) is 5.06. The number of carbonyl (C=O) groups excluding carboxylic acids is 2. The van der Waals surface area contributed by atoms with E-state index in [4.69, 9.17) is 9.47 Å². The number of piperidine rings is 1. The Morgan fingerprint density at radius 2 is 1.74 bits per heavy atom. The van der Waals surface area contributed by atoms with Crippen molar-refractivity contribution < 1.29 is 19.1 Å². The number of carbonyl (C=O) groups is 2. The van der Waals surface area contributed by atoms with Crippen molar-refractivity contribution in [2.24, 2.45) is 5.92 Å². The maximum Gasteiger partial charge on any atom is 0.231 e. The summed E-state index contributed by atoms with van der Waals surface area (Å²) < 4.78 is 10.6. The van der Waals surface area contributed by atoms with Crippen LogP contribution in [-0.2, 0) is 16.0 Å². The minimum atomic E-state index is -0.0869. The molecule has 27 heavy (non-hydrogen) atoms. The summed E-state index contributed by atoms with van der Waals surface area (Å²) in [5.41, 5.74) is 1.72. The topological polar surface area (TPSA) is 67.9 Å². The number of ether oxygens (including phenoxy) is 2. The number of nitrogens with zero attached hydrogens (tertiary/aromatic N) is 1. The quantitative estimate of drug-likeness (QED) is 0.904. The van der Waals surface area contributed by atoms with E-state index in [0.717, 1.165) is 5.56 Å². The Morgan fingerprint density at radius 1 is 1.00 bits per heavy atom. The maximum absolute atomic E-state index is 12.5. The van der Waals surface area contributed by atoms with Gasteiger partial charge in [0.25, 0.3) is 0 Å². The average Bonchev–Trinajstić information content (AvgIpc) is 3.16. The molecule has 0 bridgehead atoms. The van der Waals surface area contributed by atoms with Gasteiger partial charge in [0, 0.05) is 30.8 Å². The second-order valence-corrected chi connectivity index (χ2v) is 6.87. The van der Waals surface area contributed by atoms with Crippen LogP contribution in [0, 0.1) is 5.92 Å². The molecular weight excluding hydrogens is 344 g/mol. The van der Waals surface area contributed by atoms with Gasteiger partial charge in [0.1, 0.15) is 0 Å². The molecule has 6 heteroatoms. The van der Waals surface area contributed by atoms with Gasteiger partial charge in [-0.2, -0.15) is 0 Å². The molecule has 2 amide bonds. The minimum Gasteiger partial charge on any atom is -0.454 e. The lowest BCUT2D eigenvalue weighted by molar-refractivity contribution is -0.133. The van der Waals surface area contributed by atoms with E-state index in [9.17, 15) is 9.59 Å². The molecule has 2 aliphatic rings. The molecule has 140 valence electrons. The Kier molecular flexibility index (Phi) is 4.96. The standard InChI is InChI=1S/C21H22N2O4/c24-20(12-15-4-2-1-3-5-15)23-10-8-16(9-11-23)21(25)22-17-6-7-18-19(13-17)27-14-26-18/h1-7,13,16H,8-12,14H2,(H,22,25). The summed E-state index contributed by atoms with van der Waals surface area (Å²) in [6.07, 6.45) is 1.77. The van der Waals surface area contributed by atoms with Crippen LogP contribution in [0.25, 0.3) is 0 Å². The van der Waals surface area contributed by atoms with Gasteiger partial charge >= 0.3 is 0 Å². The Morgan fingerprint density at radius 3 is 2.52 bits per heavy atom. The highest BCUT2D eigenvalue weighted by atomic mass is 16.7. The fourth-order valence-electron chi connectivity index (χ4n) is 3.49. The fourth-order valence-corrected chi connectivity index (χ4v) is 3.49. The highest BCUT2D eigenvalue weighted by molar-refractivity contribution is 5.93. The summed E-state index contributed by atoms with van der Waals surface area (Å²) >= 11 is 0. The normalized spacial score (nSPS) is 16.2. The van der Waals surface area contributed by atoms with Crippen LogP contribution in [0.3, 0.4) is 0 Å². The lowest BCUT2D eigenvalue weighted by Crippen LogP contribution is -2.42. The predicted molar refractivity (Wildman–Crippen MR) is 101 cm³/mol. The van der Waals surface area contributed by atoms with Crippen LogP contribution < -0.4 is 14.8 Å². The van der Waals surface area contributed by atoms with Gasteiger partial charge in [0.05, 0.1) is 6.42 Å². The summed E-state index contributed by atoms with van der Waals surface area (Å²) in [6.45, 7) is 1.44. The maximum atomic E-state index is 12.5. The molecule has 0 atom stereocenters. The van der Waals surface area contributed by atoms with Crippen molar-refractivity contribution in [1.29, 1.82) is 0 Å². The molecule has 0 aliphatic carbocycles. The summed E-state index contributed by atoms with van der Waals surface area (Å²) in [5, 5.41) is 2.95. The Balaban J connectivity index is 1.28. The predicted octanol–water partition coefficient (Wildman–Crippen LogP) is 2.84. The molecule has 2 aromatic rings. The van der Waals surface area contributed by atoms with Crippen molar-refractivity contribution in [3.8, 4) is 11.5 Å². The van der Waals surface area contributed by atoms with Gasteiger partial charge in [-0.15, -0.1) is 0 Å². The number of anilines is 1. The van der Waals surface area contributed by atoms with Crippen molar-refractivity contribution in [3.63, 3.8) is 0 Å². The lowest BCUT2D eigenvalue weighted by Gasteiger charge is -2.31. The number of likely N-dealkylation sites (tertiary alicyclic amines) is 1. The monoisotopic (exact) mass is 366 g/mol. The van der Waals surface area contributed by atoms with E-state index >= 15 is 0 Å². The van der Waals surface area contributed by atoms with Crippen LogP contribution in [0.1, 0.15) is 18.4 Å². The Hall–Kier alpha value is -3.02. The number of hydrogen-bond acceptors (Lipinski definition) is 4. The number of amides is 2. The van der Waals surface area contributed by atoms with Gasteiger partial charge < -0.3 is 19.7 Å². The molecule has 2 aromatic carbocycles. The van der Waals surface area contributed by atoms with Gasteiger partial charge in [-0.05, 0) is 30.5 Å². The molecule has 0 saturated carbocycles. The van der Waals surface area contributed by atoms with Crippen molar-refractivity contribution in [1.82, 2.24) is 4.90 Å². The van der Waals surface area contributed by atoms with Crippen molar-refractivity contribution >= 4 is 17.5 Å². The zero-order valence-corrected chi connectivity index (χ0v) is 15.0. The molecular formula is C21H22N2O4. The molecule has 1 saturated heterocycles. The van der Waals surface area contributed by atoms with Crippen molar-refractivity contribution in [3.05, 3.63) is 54.1 Å². The van der Waals surface area contributed by atoms with Crippen LogP contribution in [0.15, 0.2) is 48.5 Å². The highest BCUT2D eigenvalue weighted by Gasteiger charge is 2.27. The molecule has 2 aliphatic heterocycles. The van der Waals surface area contributed by atoms with E-state index < -0.39 is 0 Å². The Labute approximate surface area is 158 Å². The average molecular weight is 366 g/mol. The first-order valence-electron chi connectivity index (χ1n) is 9.21. The van der Waals surface area contributed by atoms with E-state index in [-0.39, 0.29) is 24.5 Å². The second-order valence-electron chi connectivity index (χ2n) is 6.87. The van der Waals surface area contributed by atoms with Crippen LogP contribution in [-0.4, -0.2) is 36.6 Å². The number of rotatable bonds is 4. The summed E-state index contributed by atoms with van der Waals surface area (Å²) in [4.78, 5) is 26.9. The van der Waals surface area contributed by atoms with E-state index in [0.29, 0.717) is 49.5 Å². The fraction of sp³-hybridized carbons (Fsp3) is 0.333. The summed E-state index contributed by atoms with van der Waals surface area (Å²) in [6, 6.07) is 15.1. The first kappa shape index (κ1) is 17.4. The smallest absolute Gasteiger partial charge is 0.231 e. The molecule has 0 spiro atoms. The van der Waals surface area contributed by atoms with Gasteiger partial charge in [0.15, 0.2) is 11.5 Å². The van der Waals surface area contributed by atoms with Crippen LogP contribution in [0.2, 0.25) is 0 Å². The van der Waals surface area contributed by atoms with Gasteiger partial charge in [-0.3, -0.25) is 9.59 Å². The molecule has 0 radical (unpaired) electrons. The number of benzene rings is 2. The highest BCUT2D eigenvalue weighted by Crippen LogP contribution is 2.34. The van der Waals surface area contributed by atoms with Gasteiger partial charge in [0.2, 0.25) is 18.6 Å². The van der Waals surface area contributed by atoms with Crippen LogP contribution in [0.4, 0.5) is 5.69 Å². The number of fused-ring (bicyclic) bond motifs is 1. The zero-order chi connectivity index (χ0) is 18.6. The third-order valence-corrected chi connectivity index (χ3v) is 5.06.